The lowest BCUT2D eigenvalue weighted by atomic mass is 9.97. The quantitative estimate of drug-likeness (QED) is 0.926. The minimum absolute atomic E-state index is 0.119. The molecule has 2 aliphatic heterocycles. The van der Waals surface area contributed by atoms with Crippen LogP contribution >= 0.6 is 0 Å². The maximum absolute atomic E-state index is 12.3. The molecule has 2 fully saturated rings. The van der Waals surface area contributed by atoms with E-state index in [0.29, 0.717) is 19.7 Å². The largest absolute Gasteiger partial charge is 0.379 e. The third-order valence-corrected chi connectivity index (χ3v) is 4.49. The van der Waals surface area contributed by atoms with E-state index in [2.05, 4.69) is 15.5 Å². The second-order valence-corrected chi connectivity index (χ2v) is 6.13. The van der Waals surface area contributed by atoms with Crippen molar-refractivity contribution in [3.8, 4) is 0 Å². The molecule has 1 amide bonds. The number of pyridine rings is 1. The Kier molecular flexibility index (Phi) is 3.49. The summed E-state index contributed by atoms with van der Waals surface area (Å²) in [5.74, 6) is 0.164. The molecular weight excluding hydrogens is 296 g/mol. The number of nitrogens with one attached hydrogen (secondary N) is 1. The first-order chi connectivity index (χ1) is 11.2. The van der Waals surface area contributed by atoms with E-state index in [9.17, 15) is 4.79 Å². The van der Waals surface area contributed by atoms with Gasteiger partial charge in [-0.2, -0.15) is 0 Å². The third-order valence-electron chi connectivity index (χ3n) is 4.49. The van der Waals surface area contributed by atoms with Crippen LogP contribution in [-0.4, -0.2) is 52.3 Å². The Morgan fingerprint density at radius 3 is 3.13 bits per heavy atom. The summed E-state index contributed by atoms with van der Waals surface area (Å²) in [6.45, 7) is 1.91. The number of rotatable bonds is 3. The first-order valence-corrected chi connectivity index (χ1v) is 7.75. The van der Waals surface area contributed by atoms with Crippen molar-refractivity contribution in [1.29, 1.82) is 0 Å². The van der Waals surface area contributed by atoms with Crippen LogP contribution in [0, 0.1) is 0 Å². The highest BCUT2D eigenvalue weighted by Crippen LogP contribution is 2.36. The Labute approximate surface area is 133 Å². The number of hydrogen-bond acceptors (Lipinski definition) is 6. The highest BCUT2D eigenvalue weighted by molar-refractivity contribution is 5.91. The van der Waals surface area contributed by atoms with Gasteiger partial charge in [0.2, 0.25) is 5.76 Å². The molecule has 2 aromatic rings. The van der Waals surface area contributed by atoms with Gasteiger partial charge in [0.05, 0.1) is 36.7 Å². The lowest BCUT2D eigenvalue weighted by molar-refractivity contribution is 0.0120. The molecule has 0 aliphatic carbocycles. The first kappa shape index (κ1) is 14.2. The number of ether oxygens (including phenoxy) is 1. The summed E-state index contributed by atoms with van der Waals surface area (Å²) in [6, 6.07) is 5.73. The van der Waals surface area contributed by atoms with Gasteiger partial charge in [0.15, 0.2) is 0 Å². The van der Waals surface area contributed by atoms with E-state index in [1.54, 1.807) is 23.4 Å². The van der Waals surface area contributed by atoms with Crippen LogP contribution in [-0.2, 0) is 4.74 Å². The van der Waals surface area contributed by atoms with Crippen molar-refractivity contribution < 1.29 is 14.1 Å². The number of hydrogen-bond donors (Lipinski definition) is 1. The standard InChI is InChI=1S/C16H18N4O3/c21-15(14-3-6-18-23-14)20-7-4-16(11-20)8-13(10-22-16)19-12-2-1-5-17-9-12/h1-3,5-6,9,13,19H,4,7-8,10-11H2/t13-,16-/m1/s1. The Morgan fingerprint density at radius 1 is 1.39 bits per heavy atom. The van der Waals surface area contributed by atoms with Crippen molar-refractivity contribution in [2.24, 2.45) is 0 Å². The predicted molar refractivity (Wildman–Crippen MR) is 82.0 cm³/mol. The van der Waals surface area contributed by atoms with Gasteiger partial charge in [-0.3, -0.25) is 9.78 Å². The molecule has 1 spiro atoms. The highest BCUT2D eigenvalue weighted by atomic mass is 16.5. The van der Waals surface area contributed by atoms with Crippen LogP contribution in [0.1, 0.15) is 23.4 Å². The molecule has 2 atom stereocenters. The second-order valence-electron chi connectivity index (χ2n) is 6.13. The second kappa shape index (κ2) is 5.66. The average Bonchev–Trinajstić information content (AvgIpc) is 3.31. The van der Waals surface area contributed by atoms with E-state index in [4.69, 9.17) is 9.26 Å². The molecule has 120 valence electrons. The van der Waals surface area contributed by atoms with Gasteiger partial charge in [0.25, 0.3) is 5.91 Å². The molecule has 7 nitrogen and oxygen atoms in total. The summed E-state index contributed by atoms with van der Waals surface area (Å²) in [7, 11) is 0. The molecule has 4 rings (SSSR count). The Bertz CT molecular complexity index is 676. The molecule has 0 saturated carbocycles. The van der Waals surface area contributed by atoms with Gasteiger partial charge in [-0.05, 0) is 18.6 Å². The van der Waals surface area contributed by atoms with E-state index in [-0.39, 0.29) is 23.3 Å². The lowest BCUT2D eigenvalue weighted by Gasteiger charge is -2.23. The van der Waals surface area contributed by atoms with E-state index < -0.39 is 0 Å². The fraction of sp³-hybridized carbons (Fsp3) is 0.438. The van der Waals surface area contributed by atoms with Crippen molar-refractivity contribution in [2.75, 3.05) is 25.0 Å². The zero-order chi connectivity index (χ0) is 15.7. The zero-order valence-electron chi connectivity index (χ0n) is 12.6. The van der Waals surface area contributed by atoms with Gasteiger partial charge in [-0.25, -0.2) is 0 Å². The fourth-order valence-electron chi connectivity index (χ4n) is 3.41. The number of nitrogens with zero attached hydrogens (tertiary/aromatic N) is 3. The Hall–Kier alpha value is -2.41. The zero-order valence-corrected chi connectivity index (χ0v) is 12.6. The first-order valence-electron chi connectivity index (χ1n) is 7.75. The number of likely N-dealkylation sites (tertiary alicyclic amines) is 1. The molecule has 2 aromatic heterocycles. The minimum atomic E-state index is -0.254. The van der Waals surface area contributed by atoms with Gasteiger partial charge in [0.1, 0.15) is 0 Å². The van der Waals surface area contributed by atoms with Gasteiger partial charge >= 0.3 is 0 Å². The number of aromatic nitrogens is 2. The van der Waals surface area contributed by atoms with Crippen LogP contribution < -0.4 is 5.32 Å². The number of carbonyl (C=O) groups excluding carboxylic acids is 1. The molecule has 0 bridgehead atoms. The molecule has 2 saturated heterocycles. The van der Waals surface area contributed by atoms with Gasteiger partial charge < -0.3 is 19.5 Å². The SMILES string of the molecule is O=C(c1ccno1)N1CC[C@@]2(C[C@@H](Nc3cccnc3)CO2)C1. The van der Waals surface area contributed by atoms with Crippen LogP contribution in [0.4, 0.5) is 5.69 Å². The maximum Gasteiger partial charge on any atom is 0.292 e. The molecule has 0 aromatic carbocycles. The van der Waals surface area contributed by atoms with Gasteiger partial charge in [-0.1, -0.05) is 5.16 Å². The molecule has 0 radical (unpaired) electrons. The van der Waals surface area contributed by atoms with Crippen LogP contribution in [0.5, 0.6) is 0 Å². The van der Waals surface area contributed by atoms with Crippen LogP contribution in [0.2, 0.25) is 0 Å². The summed E-state index contributed by atoms with van der Waals surface area (Å²) in [4.78, 5) is 18.2. The highest BCUT2D eigenvalue weighted by Gasteiger charge is 2.47. The summed E-state index contributed by atoms with van der Waals surface area (Å²) in [5.41, 5.74) is 0.737. The minimum Gasteiger partial charge on any atom is -0.379 e. The van der Waals surface area contributed by atoms with Crippen molar-refractivity contribution in [2.45, 2.75) is 24.5 Å². The third kappa shape index (κ3) is 2.79. The summed E-state index contributed by atoms with van der Waals surface area (Å²) in [5, 5.41) is 7.04. The van der Waals surface area contributed by atoms with E-state index >= 15 is 0 Å². The van der Waals surface area contributed by atoms with Crippen molar-refractivity contribution >= 4 is 11.6 Å². The van der Waals surface area contributed by atoms with E-state index in [1.165, 1.54) is 6.20 Å². The monoisotopic (exact) mass is 314 g/mol. The molecule has 4 heterocycles. The lowest BCUT2D eigenvalue weighted by Crippen LogP contribution is -2.36. The topological polar surface area (TPSA) is 80.5 Å². The van der Waals surface area contributed by atoms with E-state index in [1.807, 2.05) is 12.1 Å². The summed E-state index contributed by atoms with van der Waals surface area (Å²) < 4.78 is 11.0. The Balaban J connectivity index is 1.38. The van der Waals surface area contributed by atoms with Crippen molar-refractivity contribution in [3.05, 3.63) is 42.5 Å². The van der Waals surface area contributed by atoms with Crippen molar-refractivity contribution in [1.82, 2.24) is 15.0 Å². The normalized spacial score (nSPS) is 26.8. The molecule has 7 heteroatoms. The summed E-state index contributed by atoms with van der Waals surface area (Å²) in [6.07, 6.45) is 6.76. The number of carbonyl (C=O) groups is 1. The van der Waals surface area contributed by atoms with Gasteiger partial charge in [0, 0.05) is 31.4 Å². The Morgan fingerprint density at radius 2 is 2.35 bits per heavy atom. The number of amides is 1. The smallest absolute Gasteiger partial charge is 0.292 e. The number of anilines is 1. The molecule has 0 unspecified atom stereocenters. The summed E-state index contributed by atoms with van der Waals surface area (Å²) >= 11 is 0. The molecular formula is C16H18N4O3. The van der Waals surface area contributed by atoms with E-state index in [0.717, 1.165) is 18.5 Å². The predicted octanol–water partition coefficient (Wildman–Crippen LogP) is 1.56. The van der Waals surface area contributed by atoms with Crippen LogP contribution in [0.25, 0.3) is 0 Å². The van der Waals surface area contributed by atoms with Crippen LogP contribution in [0.3, 0.4) is 0 Å². The molecule has 1 N–H and O–H groups in total. The van der Waals surface area contributed by atoms with Crippen molar-refractivity contribution in [3.63, 3.8) is 0 Å². The molecule has 2 aliphatic rings. The van der Waals surface area contributed by atoms with Crippen LogP contribution in [0.15, 0.2) is 41.3 Å². The maximum atomic E-state index is 12.3. The van der Waals surface area contributed by atoms with Gasteiger partial charge in [-0.15, -0.1) is 0 Å². The molecule has 23 heavy (non-hydrogen) atoms. The average molecular weight is 314 g/mol. The fourth-order valence-corrected chi connectivity index (χ4v) is 3.41.